The van der Waals surface area contributed by atoms with Crippen LogP contribution in [0.5, 0.6) is 0 Å². The predicted octanol–water partition coefficient (Wildman–Crippen LogP) is 0.199. The summed E-state index contributed by atoms with van der Waals surface area (Å²) >= 11 is 0. The molecule has 8 N–H and O–H groups in total. The second-order valence-corrected chi connectivity index (χ2v) is 5.06. The molecule has 0 amide bonds. The first-order chi connectivity index (χ1) is 11.0. The van der Waals surface area contributed by atoms with E-state index in [0.717, 1.165) is 21.9 Å². The first kappa shape index (κ1) is 14.5. The second-order valence-electron chi connectivity index (χ2n) is 5.06. The summed E-state index contributed by atoms with van der Waals surface area (Å²) < 4.78 is 0. The monoisotopic (exact) mass is 308 g/mol. The van der Waals surface area contributed by atoms with Gasteiger partial charge in [0, 0.05) is 17.5 Å². The third-order valence-electron chi connectivity index (χ3n) is 3.41. The highest BCUT2D eigenvalue weighted by Crippen LogP contribution is 2.28. The van der Waals surface area contributed by atoms with Crippen LogP contribution in [-0.4, -0.2) is 23.3 Å². The van der Waals surface area contributed by atoms with E-state index < -0.39 is 0 Å². The Labute approximate surface area is 132 Å². The Balaban J connectivity index is 2.20. The summed E-state index contributed by atoms with van der Waals surface area (Å²) in [6.45, 7) is 0. The van der Waals surface area contributed by atoms with Crippen LogP contribution in [0.4, 0.5) is 0 Å². The number of benzene rings is 2. The molecule has 0 saturated heterocycles. The van der Waals surface area contributed by atoms with E-state index in [2.05, 4.69) is 20.4 Å². The van der Waals surface area contributed by atoms with Crippen LogP contribution in [0.2, 0.25) is 0 Å². The van der Waals surface area contributed by atoms with Gasteiger partial charge in [-0.3, -0.25) is 0 Å². The Morgan fingerprint density at radius 3 is 1.57 bits per heavy atom. The van der Waals surface area contributed by atoms with Crippen LogP contribution in [0.1, 0.15) is 17.5 Å². The number of nitrogens with two attached hydrogens (primary N) is 4. The van der Waals surface area contributed by atoms with Crippen molar-refractivity contribution >= 4 is 34.1 Å². The quantitative estimate of drug-likeness (QED) is 0.355. The van der Waals surface area contributed by atoms with E-state index >= 15 is 0 Å². The second kappa shape index (κ2) is 5.76. The topological polar surface area (TPSA) is 154 Å². The summed E-state index contributed by atoms with van der Waals surface area (Å²) in [7, 11) is 0. The zero-order chi connectivity index (χ0) is 16.4. The van der Waals surface area contributed by atoms with Gasteiger partial charge in [-0.05, 0) is 22.9 Å². The SMILES string of the molecule is NC(N)=NN=C1CC(=NN=C(N)N)c2cc3ccccc3cc21. The van der Waals surface area contributed by atoms with Gasteiger partial charge < -0.3 is 22.9 Å². The van der Waals surface area contributed by atoms with E-state index in [1.807, 2.05) is 36.4 Å². The molecule has 0 heterocycles. The Bertz CT molecular complexity index is 811. The largest absolute Gasteiger partial charge is 0.369 e. The van der Waals surface area contributed by atoms with Crippen LogP contribution < -0.4 is 22.9 Å². The molecule has 2 aromatic rings. The molecule has 0 spiro atoms. The minimum atomic E-state index is -0.102. The third-order valence-corrected chi connectivity index (χ3v) is 3.41. The Kier molecular flexibility index (Phi) is 3.63. The van der Waals surface area contributed by atoms with E-state index in [4.69, 9.17) is 22.9 Å². The van der Waals surface area contributed by atoms with Crippen molar-refractivity contribution in [2.75, 3.05) is 0 Å². The first-order valence-electron chi connectivity index (χ1n) is 6.89. The summed E-state index contributed by atoms with van der Waals surface area (Å²) in [6.07, 6.45) is 0.444. The van der Waals surface area contributed by atoms with Crippen molar-refractivity contribution in [3.63, 3.8) is 0 Å². The van der Waals surface area contributed by atoms with Crippen LogP contribution in [0.15, 0.2) is 56.8 Å². The molecule has 1 aliphatic carbocycles. The molecule has 0 radical (unpaired) electrons. The Morgan fingerprint density at radius 1 is 0.739 bits per heavy atom. The molecule has 116 valence electrons. The summed E-state index contributed by atoms with van der Waals surface area (Å²) in [5.74, 6) is -0.205. The normalized spacial score (nSPS) is 16.5. The number of hydrogen-bond donors (Lipinski definition) is 4. The molecule has 0 aliphatic heterocycles. The van der Waals surface area contributed by atoms with Crippen molar-refractivity contribution in [2.24, 2.45) is 43.3 Å². The van der Waals surface area contributed by atoms with E-state index in [1.54, 1.807) is 0 Å². The molecule has 0 bridgehead atoms. The van der Waals surface area contributed by atoms with Crippen LogP contribution in [0.3, 0.4) is 0 Å². The molecule has 3 rings (SSSR count). The fraction of sp³-hybridized carbons (Fsp3) is 0.0667. The lowest BCUT2D eigenvalue weighted by atomic mass is 10.0. The molecular weight excluding hydrogens is 292 g/mol. The summed E-state index contributed by atoms with van der Waals surface area (Å²) in [6, 6.07) is 12.1. The van der Waals surface area contributed by atoms with Crippen LogP contribution in [-0.2, 0) is 0 Å². The highest BCUT2D eigenvalue weighted by Gasteiger charge is 2.25. The van der Waals surface area contributed by atoms with Crippen molar-refractivity contribution < 1.29 is 0 Å². The van der Waals surface area contributed by atoms with Gasteiger partial charge >= 0.3 is 0 Å². The third kappa shape index (κ3) is 2.95. The van der Waals surface area contributed by atoms with Crippen molar-refractivity contribution in [2.45, 2.75) is 6.42 Å². The van der Waals surface area contributed by atoms with Gasteiger partial charge in [0.25, 0.3) is 0 Å². The molecule has 8 heteroatoms. The van der Waals surface area contributed by atoms with Crippen molar-refractivity contribution in [3.05, 3.63) is 47.5 Å². The maximum absolute atomic E-state index is 5.35. The zero-order valence-corrected chi connectivity index (χ0v) is 12.3. The summed E-state index contributed by atoms with van der Waals surface area (Å²) in [5.41, 5.74) is 24.7. The molecule has 23 heavy (non-hydrogen) atoms. The van der Waals surface area contributed by atoms with E-state index in [0.29, 0.717) is 17.8 Å². The van der Waals surface area contributed by atoms with Crippen LogP contribution in [0, 0.1) is 0 Å². The molecule has 0 aromatic heterocycles. The number of guanidine groups is 2. The fourth-order valence-electron chi connectivity index (χ4n) is 2.48. The van der Waals surface area contributed by atoms with Gasteiger partial charge in [0.15, 0.2) is 0 Å². The molecule has 8 nitrogen and oxygen atoms in total. The molecule has 1 aliphatic rings. The molecule has 2 aromatic carbocycles. The van der Waals surface area contributed by atoms with Crippen molar-refractivity contribution in [1.82, 2.24) is 0 Å². The van der Waals surface area contributed by atoms with Crippen LogP contribution in [0.25, 0.3) is 10.8 Å². The molecule has 0 atom stereocenters. The standard InChI is InChI=1S/C15H16N8/c16-14(17)22-20-12-7-13(21-23-15(18)19)11-6-9-4-2-1-3-8(9)5-10(11)12/h1-6H,7H2,(H4,16,17,22)(H4,18,19,23). The maximum atomic E-state index is 5.35. The van der Waals surface area contributed by atoms with Gasteiger partial charge in [0.2, 0.25) is 11.9 Å². The summed E-state index contributed by atoms with van der Waals surface area (Å²) in [5, 5.41) is 17.9. The van der Waals surface area contributed by atoms with Crippen LogP contribution >= 0.6 is 0 Å². The van der Waals surface area contributed by atoms with Gasteiger partial charge in [-0.15, -0.1) is 10.2 Å². The number of rotatable bonds is 2. The number of fused-ring (bicyclic) bond motifs is 2. The minimum Gasteiger partial charge on any atom is -0.369 e. The molecule has 0 saturated carbocycles. The lowest BCUT2D eigenvalue weighted by Gasteiger charge is -2.03. The number of hydrogen-bond acceptors (Lipinski definition) is 4. The van der Waals surface area contributed by atoms with Gasteiger partial charge in [0.1, 0.15) is 0 Å². The van der Waals surface area contributed by atoms with Gasteiger partial charge in [-0.1, -0.05) is 24.3 Å². The minimum absolute atomic E-state index is 0.102. The first-order valence-corrected chi connectivity index (χ1v) is 6.89. The van der Waals surface area contributed by atoms with Gasteiger partial charge in [-0.25, -0.2) is 0 Å². The fourth-order valence-corrected chi connectivity index (χ4v) is 2.48. The smallest absolute Gasteiger partial charge is 0.211 e. The zero-order valence-electron chi connectivity index (χ0n) is 12.3. The summed E-state index contributed by atoms with van der Waals surface area (Å²) in [4.78, 5) is 0. The average molecular weight is 308 g/mol. The van der Waals surface area contributed by atoms with Crippen molar-refractivity contribution in [1.29, 1.82) is 0 Å². The maximum Gasteiger partial charge on any atom is 0.211 e. The average Bonchev–Trinajstić information content (AvgIpc) is 2.86. The Morgan fingerprint density at radius 2 is 1.17 bits per heavy atom. The molecule has 0 fully saturated rings. The number of nitrogens with zero attached hydrogens (tertiary/aromatic N) is 4. The highest BCUT2D eigenvalue weighted by molar-refractivity contribution is 6.29. The molecular formula is C15H16N8. The highest BCUT2D eigenvalue weighted by atomic mass is 15.3. The lowest BCUT2D eigenvalue weighted by molar-refractivity contribution is 1.18. The van der Waals surface area contributed by atoms with E-state index in [9.17, 15) is 0 Å². The lowest BCUT2D eigenvalue weighted by Crippen LogP contribution is -2.22. The van der Waals surface area contributed by atoms with E-state index in [1.165, 1.54) is 0 Å². The van der Waals surface area contributed by atoms with Gasteiger partial charge in [0.05, 0.1) is 11.4 Å². The molecule has 0 unspecified atom stereocenters. The predicted molar refractivity (Wildman–Crippen MR) is 93.3 cm³/mol. The Hall–Kier alpha value is -3.42. The van der Waals surface area contributed by atoms with Crippen molar-refractivity contribution in [3.8, 4) is 0 Å². The van der Waals surface area contributed by atoms with E-state index in [-0.39, 0.29) is 11.9 Å². The van der Waals surface area contributed by atoms with Gasteiger partial charge in [-0.2, -0.15) is 10.2 Å².